The third-order valence-corrected chi connectivity index (χ3v) is 3.04. The van der Waals surface area contributed by atoms with Crippen molar-refractivity contribution in [3.05, 3.63) is 59.9 Å². The van der Waals surface area contributed by atoms with E-state index >= 15 is 0 Å². The second kappa shape index (κ2) is 9.17. The second-order valence-corrected chi connectivity index (χ2v) is 5.05. The van der Waals surface area contributed by atoms with Crippen LogP contribution in [-0.2, 0) is 9.59 Å². The molecule has 2 aromatic rings. The molecule has 2 N–H and O–H groups in total. The monoisotopic (exact) mass is 343 g/mol. The van der Waals surface area contributed by atoms with Crippen LogP contribution in [0.2, 0.25) is 0 Å². The number of halogens is 1. The lowest BCUT2D eigenvalue weighted by atomic mass is 10.2. The van der Waals surface area contributed by atoms with Gasteiger partial charge in [0.05, 0.1) is 18.5 Å². The normalized spacial score (nSPS) is 10.5. The summed E-state index contributed by atoms with van der Waals surface area (Å²) < 4.78 is 18.9. The van der Waals surface area contributed by atoms with E-state index in [-0.39, 0.29) is 5.69 Å². The van der Waals surface area contributed by atoms with Crippen molar-refractivity contribution in [3.8, 4) is 5.75 Å². The van der Waals surface area contributed by atoms with Crippen LogP contribution >= 0.6 is 0 Å². The molecule has 0 aliphatic heterocycles. The van der Waals surface area contributed by atoms with Gasteiger partial charge in [0, 0.05) is 0 Å². The topological polar surface area (TPSA) is 79.8 Å². The van der Waals surface area contributed by atoms with Crippen LogP contribution < -0.4 is 15.5 Å². The molecule has 2 rings (SSSR count). The quantitative estimate of drug-likeness (QED) is 0.481. The van der Waals surface area contributed by atoms with Gasteiger partial charge < -0.3 is 10.1 Å². The van der Waals surface area contributed by atoms with Gasteiger partial charge in [-0.25, -0.2) is 9.82 Å². The maximum atomic E-state index is 13.4. The van der Waals surface area contributed by atoms with E-state index in [0.717, 1.165) is 6.42 Å². The minimum Gasteiger partial charge on any atom is -0.494 e. The van der Waals surface area contributed by atoms with Gasteiger partial charge >= 0.3 is 11.8 Å². The Morgan fingerprint density at radius 1 is 1.16 bits per heavy atom. The number of anilines is 1. The molecule has 0 atom stereocenters. The third kappa shape index (κ3) is 5.72. The van der Waals surface area contributed by atoms with E-state index in [2.05, 4.69) is 15.8 Å². The van der Waals surface area contributed by atoms with Gasteiger partial charge in [0.15, 0.2) is 0 Å². The lowest BCUT2D eigenvalue weighted by Crippen LogP contribution is -2.32. The molecular weight excluding hydrogens is 325 g/mol. The van der Waals surface area contributed by atoms with E-state index in [1.165, 1.54) is 24.4 Å². The van der Waals surface area contributed by atoms with Crippen molar-refractivity contribution in [3.63, 3.8) is 0 Å². The van der Waals surface area contributed by atoms with E-state index in [0.29, 0.717) is 17.9 Å². The highest BCUT2D eigenvalue weighted by Crippen LogP contribution is 2.13. The average molecular weight is 343 g/mol. The van der Waals surface area contributed by atoms with Crippen molar-refractivity contribution in [2.45, 2.75) is 13.3 Å². The first-order valence-electron chi connectivity index (χ1n) is 7.72. The number of hydrogen-bond acceptors (Lipinski definition) is 4. The van der Waals surface area contributed by atoms with Crippen LogP contribution in [0.15, 0.2) is 53.6 Å². The Kier molecular flexibility index (Phi) is 6.65. The molecule has 0 saturated carbocycles. The summed E-state index contributed by atoms with van der Waals surface area (Å²) in [6.07, 6.45) is 2.28. The summed E-state index contributed by atoms with van der Waals surface area (Å²) in [4.78, 5) is 23.4. The first-order valence-corrected chi connectivity index (χ1v) is 7.72. The molecule has 0 spiro atoms. The predicted molar refractivity (Wildman–Crippen MR) is 93.0 cm³/mol. The molecule has 0 unspecified atom stereocenters. The Balaban J connectivity index is 1.89. The van der Waals surface area contributed by atoms with Crippen molar-refractivity contribution >= 4 is 23.7 Å². The number of hydrogen-bond donors (Lipinski definition) is 2. The molecule has 130 valence electrons. The number of carbonyl (C=O) groups is 2. The standard InChI is InChI=1S/C18H18FN3O3/c1-2-10-25-14-7-5-6-13(11-14)12-20-22-18(24)17(23)21-16-9-4-3-8-15(16)19/h3-9,11-12H,2,10H2,1H3,(H,21,23)(H,22,24)/b20-12-. The maximum absolute atomic E-state index is 13.4. The van der Waals surface area contributed by atoms with Gasteiger partial charge in [0.25, 0.3) is 0 Å². The van der Waals surface area contributed by atoms with Gasteiger partial charge in [0.1, 0.15) is 11.6 Å². The molecule has 0 fully saturated rings. The van der Waals surface area contributed by atoms with Gasteiger partial charge in [-0.05, 0) is 36.2 Å². The van der Waals surface area contributed by atoms with Gasteiger partial charge in [-0.2, -0.15) is 5.10 Å². The Bertz CT molecular complexity index is 778. The summed E-state index contributed by atoms with van der Waals surface area (Å²) in [5, 5.41) is 5.88. The highest BCUT2D eigenvalue weighted by atomic mass is 19.1. The first-order chi connectivity index (χ1) is 12.1. The van der Waals surface area contributed by atoms with Crippen LogP contribution in [0.5, 0.6) is 5.75 Å². The summed E-state index contributed by atoms with van der Waals surface area (Å²) in [6, 6.07) is 12.7. The Morgan fingerprint density at radius 3 is 2.72 bits per heavy atom. The molecule has 6 nitrogen and oxygen atoms in total. The first kappa shape index (κ1) is 18.1. The molecule has 0 aliphatic carbocycles. The molecular formula is C18H18FN3O3. The molecule has 2 aromatic carbocycles. The number of benzene rings is 2. The van der Waals surface area contributed by atoms with E-state index in [1.807, 2.05) is 13.0 Å². The number of nitrogens with one attached hydrogen (secondary N) is 2. The minimum absolute atomic E-state index is 0.0765. The summed E-state index contributed by atoms with van der Waals surface area (Å²) >= 11 is 0. The van der Waals surface area contributed by atoms with E-state index in [9.17, 15) is 14.0 Å². The number of nitrogens with zero attached hydrogens (tertiary/aromatic N) is 1. The zero-order chi connectivity index (χ0) is 18.1. The second-order valence-electron chi connectivity index (χ2n) is 5.05. The Labute approximate surface area is 144 Å². The van der Waals surface area contributed by atoms with Crippen molar-refractivity contribution < 1.29 is 18.7 Å². The lowest BCUT2D eigenvalue weighted by Gasteiger charge is -2.05. The van der Waals surface area contributed by atoms with E-state index in [4.69, 9.17) is 4.74 Å². The predicted octanol–water partition coefficient (Wildman–Crippen LogP) is 2.70. The van der Waals surface area contributed by atoms with Crippen LogP contribution in [0.25, 0.3) is 0 Å². The average Bonchev–Trinajstić information content (AvgIpc) is 2.62. The highest BCUT2D eigenvalue weighted by molar-refractivity contribution is 6.39. The molecule has 0 aliphatic rings. The van der Waals surface area contributed by atoms with Crippen molar-refractivity contribution in [1.82, 2.24) is 5.43 Å². The summed E-state index contributed by atoms with van der Waals surface area (Å²) in [5.74, 6) is -1.95. The number of carbonyl (C=O) groups excluding carboxylic acids is 2. The zero-order valence-electron chi connectivity index (χ0n) is 13.7. The summed E-state index contributed by atoms with van der Waals surface area (Å²) in [7, 11) is 0. The Morgan fingerprint density at radius 2 is 1.96 bits per heavy atom. The maximum Gasteiger partial charge on any atom is 0.329 e. The zero-order valence-corrected chi connectivity index (χ0v) is 13.7. The van der Waals surface area contributed by atoms with Crippen molar-refractivity contribution in [2.75, 3.05) is 11.9 Å². The van der Waals surface area contributed by atoms with E-state index in [1.54, 1.807) is 24.3 Å². The van der Waals surface area contributed by atoms with Crippen molar-refractivity contribution in [2.24, 2.45) is 5.10 Å². The largest absolute Gasteiger partial charge is 0.494 e. The molecule has 7 heteroatoms. The fourth-order valence-electron chi connectivity index (χ4n) is 1.86. The van der Waals surface area contributed by atoms with Crippen LogP contribution in [0.3, 0.4) is 0 Å². The van der Waals surface area contributed by atoms with Crippen LogP contribution in [0.4, 0.5) is 10.1 Å². The van der Waals surface area contributed by atoms with E-state index < -0.39 is 17.6 Å². The summed E-state index contributed by atoms with van der Waals surface area (Å²) in [5.41, 5.74) is 2.71. The van der Waals surface area contributed by atoms with Gasteiger partial charge in [-0.3, -0.25) is 9.59 Å². The van der Waals surface area contributed by atoms with Crippen LogP contribution in [-0.4, -0.2) is 24.6 Å². The third-order valence-electron chi connectivity index (χ3n) is 3.04. The molecule has 0 bridgehead atoms. The molecule has 0 radical (unpaired) electrons. The van der Waals surface area contributed by atoms with Crippen LogP contribution in [0.1, 0.15) is 18.9 Å². The smallest absolute Gasteiger partial charge is 0.329 e. The SMILES string of the molecule is CCCOc1cccc(/C=N\NC(=O)C(=O)Nc2ccccc2F)c1. The molecule has 0 aromatic heterocycles. The van der Waals surface area contributed by atoms with Crippen LogP contribution in [0, 0.1) is 5.82 Å². The van der Waals surface area contributed by atoms with Crippen molar-refractivity contribution in [1.29, 1.82) is 0 Å². The fraction of sp³-hybridized carbons (Fsp3) is 0.167. The van der Waals surface area contributed by atoms with Gasteiger partial charge in [-0.15, -0.1) is 0 Å². The number of para-hydroxylation sites is 1. The fourth-order valence-corrected chi connectivity index (χ4v) is 1.86. The lowest BCUT2D eigenvalue weighted by molar-refractivity contribution is -0.136. The van der Waals surface area contributed by atoms with Gasteiger partial charge in [-0.1, -0.05) is 31.2 Å². The molecule has 0 heterocycles. The Hall–Kier alpha value is -3.22. The number of rotatable bonds is 6. The number of hydrazone groups is 1. The summed E-state index contributed by atoms with van der Waals surface area (Å²) in [6.45, 7) is 2.61. The molecule has 2 amide bonds. The minimum atomic E-state index is -1.01. The number of ether oxygens (including phenoxy) is 1. The number of amides is 2. The highest BCUT2D eigenvalue weighted by Gasteiger charge is 2.14. The molecule has 25 heavy (non-hydrogen) atoms. The molecule has 0 saturated heterocycles. The van der Waals surface area contributed by atoms with Gasteiger partial charge in [0.2, 0.25) is 0 Å².